The Morgan fingerprint density at radius 3 is 3.00 bits per heavy atom. The first-order valence-corrected chi connectivity index (χ1v) is 5.11. The maximum absolute atomic E-state index is 5.64. The molecule has 0 aliphatic carbocycles. The first kappa shape index (κ1) is 12.0. The van der Waals surface area contributed by atoms with Crippen LogP contribution in [0.25, 0.3) is 0 Å². The van der Waals surface area contributed by atoms with Gasteiger partial charge in [-0.15, -0.1) is 0 Å². The zero-order valence-electron chi connectivity index (χ0n) is 8.83. The molecule has 0 fully saturated rings. The van der Waals surface area contributed by atoms with Crippen LogP contribution in [0.2, 0.25) is 5.28 Å². The van der Waals surface area contributed by atoms with Crippen molar-refractivity contribution < 1.29 is 4.74 Å². The van der Waals surface area contributed by atoms with Gasteiger partial charge < -0.3 is 15.8 Å². The van der Waals surface area contributed by atoms with E-state index in [-0.39, 0.29) is 11.4 Å². The van der Waals surface area contributed by atoms with E-state index in [1.807, 2.05) is 13.8 Å². The standard InChI is InChI=1S/C9H15ClN4O/c1-6(2)15-4-3-12-8-7(11)5-13-9(10)14-8/h5-6H,3-4,11H2,1-2H3,(H,12,13,14). The third-order valence-corrected chi connectivity index (χ3v) is 1.82. The van der Waals surface area contributed by atoms with E-state index in [2.05, 4.69) is 15.3 Å². The van der Waals surface area contributed by atoms with Gasteiger partial charge >= 0.3 is 0 Å². The van der Waals surface area contributed by atoms with E-state index in [9.17, 15) is 0 Å². The van der Waals surface area contributed by atoms with Gasteiger partial charge in [0, 0.05) is 6.54 Å². The number of hydrogen-bond donors (Lipinski definition) is 2. The van der Waals surface area contributed by atoms with Gasteiger partial charge in [-0.2, -0.15) is 4.98 Å². The fourth-order valence-electron chi connectivity index (χ4n) is 0.975. The summed E-state index contributed by atoms with van der Waals surface area (Å²) in [5.74, 6) is 0.544. The average molecular weight is 231 g/mol. The number of ether oxygens (including phenoxy) is 1. The van der Waals surface area contributed by atoms with E-state index in [4.69, 9.17) is 22.1 Å². The quantitative estimate of drug-likeness (QED) is 0.593. The summed E-state index contributed by atoms with van der Waals surface area (Å²) < 4.78 is 5.35. The van der Waals surface area contributed by atoms with E-state index in [0.29, 0.717) is 24.7 Å². The van der Waals surface area contributed by atoms with Crippen LogP contribution in [0.4, 0.5) is 11.5 Å². The normalized spacial score (nSPS) is 10.7. The van der Waals surface area contributed by atoms with Crippen molar-refractivity contribution in [3.8, 4) is 0 Å². The number of hydrogen-bond acceptors (Lipinski definition) is 5. The van der Waals surface area contributed by atoms with Crippen molar-refractivity contribution in [3.05, 3.63) is 11.5 Å². The number of nitrogens with zero attached hydrogens (tertiary/aromatic N) is 2. The molecule has 1 aromatic heterocycles. The van der Waals surface area contributed by atoms with Gasteiger partial charge in [0.25, 0.3) is 0 Å². The van der Waals surface area contributed by atoms with Gasteiger partial charge in [-0.05, 0) is 25.4 Å². The van der Waals surface area contributed by atoms with Crippen molar-refractivity contribution in [1.29, 1.82) is 0 Å². The van der Waals surface area contributed by atoms with Crippen molar-refractivity contribution >= 4 is 23.1 Å². The molecule has 0 radical (unpaired) electrons. The van der Waals surface area contributed by atoms with Crippen LogP contribution in [0.5, 0.6) is 0 Å². The van der Waals surface area contributed by atoms with Crippen molar-refractivity contribution in [2.45, 2.75) is 20.0 Å². The summed E-state index contributed by atoms with van der Waals surface area (Å²) in [6.07, 6.45) is 1.69. The third kappa shape index (κ3) is 4.31. The van der Waals surface area contributed by atoms with Crippen LogP contribution in [-0.2, 0) is 4.74 Å². The molecule has 5 nitrogen and oxygen atoms in total. The minimum absolute atomic E-state index is 0.177. The molecule has 0 aliphatic heterocycles. The molecule has 15 heavy (non-hydrogen) atoms. The number of nitrogen functional groups attached to an aromatic ring is 1. The predicted octanol–water partition coefficient (Wildman–Crippen LogP) is 1.55. The maximum atomic E-state index is 5.64. The highest BCUT2D eigenvalue weighted by Crippen LogP contribution is 2.15. The summed E-state index contributed by atoms with van der Waals surface area (Å²) in [6.45, 7) is 5.19. The minimum Gasteiger partial charge on any atom is -0.394 e. The summed E-state index contributed by atoms with van der Waals surface area (Å²) in [5.41, 5.74) is 6.12. The van der Waals surface area contributed by atoms with Crippen molar-refractivity contribution in [3.63, 3.8) is 0 Å². The highest BCUT2D eigenvalue weighted by molar-refractivity contribution is 6.28. The Balaban J connectivity index is 2.40. The van der Waals surface area contributed by atoms with Crippen LogP contribution < -0.4 is 11.1 Å². The number of nitrogens with one attached hydrogen (secondary N) is 1. The molecule has 1 rings (SSSR count). The lowest BCUT2D eigenvalue weighted by Crippen LogP contribution is -2.14. The first-order valence-electron chi connectivity index (χ1n) is 4.73. The maximum Gasteiger partial charge on any atom is 0.224 e. The highest BCUT2D eigenvalue weighted by Gasteiger charge is 2.02. The number of rotatable bonds is 5. The summed E-state index contributed by atoms with van der Waals surface area (Å²) in [6, 6.07) is 0. The van der Waals surface area contributed by atoms with Crippen LogP contribution >= 0.6 is 11.6 Å². The molecule has 6 heteroatoms. The average Bonchev–Trinajstić information content (AvgIpc) is 2.17. The second kappa shape index (κ2) is 5.72. The fourth-order valence-corrected chi connectivity index (χ4v) is 1.11. The van der Waals surface area contributed by atoms with Crippen LogP contribution in [0.15, 0.2) is 6.20 Å². The second-order valence-corrected chi connectivity index (χ2v) is 3.63. The summed E-state index contributed by atoms with van der Waals surface area (Å²) in [7, 11) is 0. The summed E-state index contributed by atoms with van der Waals surface area (Å²) >= 11 is 5.63. The molecular weight excluding hydrogens is 216 g/mol. The summed E-state index contributed by atoms with van der Waals surface area (Å²) in [5, 5.41) is 3.20. The van der Waals surface area contributed by atoms with E-state index >= 15 is 0 Å². The first-order chi connectivity index (χ1) is 7.09. The molecule has 0 bridgehead atoms. The lowest BCUT2D eigenvalue weighted by atomic mass is 10.4. The van der Waals surface area contributed by atoms with Gasteiger partial charge in [-0.25, -0.2) is 4.98 Å². The smallest absolute Gasteiger partial charge is 0.224 e. The highest BCUT2D eigenvalue weighted by atomic mass is 35.5. The van der Waals surface area contributed by atoms with Gasteiger partial charge in [0.15, 0.2) is 5.82 Å². The van der Waals surface area contributed by atoms with Gasteiger partial charge in [0.05, 0.1) is 24.6 Å². The van der Waals surface area contributed by atoms with E-state index in [1.165, 1.54) is 6.20 Å². The molecule has 0 aromatic carbocycles. The predicted molar refractivity (Wildman–Crippen MR) is 61.0 cm³/mol. The van der Waals surface area contributed by atoms with Crippen LogP contribution in [0.1, 0.15) is 13.8 Å². The van der Waals surface area contributed by atoms with Crippen LogP contribution in [0, 0.1) is 0 Å². The molecule has 84 valence electrons. The molecule has 0 spiro atoms. The Morgan fingerprint density at radius 2 is 2.33 bits per heavy atom. The fraction of sp³-hybridized carbons (Fsp3) is 0.556. The number of aromatic nitrogens is 2. The largest absolute Gasteiger partial charge is 0.394 e. The van der Waals surface area contributed by atoms with Crippen molar-refractivity contribution in [2.24, 2.45) is 0 Å². The van der Waals surface area contributed by atoms with Crippen molar-refractivity contribution in [2.75, 3.05) is 24.2 Å². The molecular formula is C9H15ClN4O. The molecule has 0 saturated heterocycles. The van der Waals surface area contributed by atoms with E-state index < -0.39 is 0 Å². The lowest BCUT2D eigenvalue weighted by molar-refractivity contribution is 0.0870. The molecule has 0 saturated carbocycles. The monoisotopic (exact) mass is 230 g/mol. The van der Waals surface area contributed by atoms with Gasteiger partial charge in [0.1, 0.15) is 0 Å². The van der Waals surface area contributed by atoms with Crippen LogP contribution in [0.3, 0.4) is 0 Å². The number of halogens is 1. The summed E-state index contributed by atoms with van der Waals surface area (Å²) in [4.78, 5) is 7.71. The second-order valence-electron chi connectivity index (χ2n) is 3.29. The Hall–Kier alpha value is -1.07. The number of anilines is 2. The molecule has 0 unspecified atom stereocenters. The van der Waals surface area contributed by atoms with Gasteiger partial charge in [-0.3, -0.25) is 0 Å². The zero-order valence-corrected chi connectivity index (χ0v) is 9.58. The molecule has 3 N–H and O–H groups in total. The molecule has 1 heterocycles. The third-order valence-electron chi connectivity index (χ3n) is 1.63. The minimum atomic E-state index is 0.177. The lowest BCUT2D eigenvalue weighted by Gasteiger charge is -2.10. The topological polar surface area (TPSA) is 73.1 Å². The Labute approximate surface area is 94.0 Å². The number of nitrogens with two attached hydrogens (primary N) is 1. The van der Waals surface area contributed by atoms with Crippen LogP contribution in [-0.4, -0.2) is 29.2 Å². The Morgan fingerprint density at radius 1 is 1.60 bits per heavy atom. The SMILES string of the molecule is CC(C)OCCNc1nc(Cl)ncc1N. The zero-order chi connectivity index (χ0) is 11.3. The molecule has 0 aliphatic rings. The molecule has 1 aromatic rings. The van der Waals surface area contributed by atoms with Crippen molar-refractivity contribution in [1.82, 2.24) is 9.97 Å². The Kier molecular flexibility index (Phi) is 4.58. The Bertz CT molecular complexity index is 319. The molecule has 0 amide bonds. The van der Waals surface area contributed by atoms with E-state index in [1.54, 1.807) is 0 Å². The van der Waals surface area contributed by atoms with E-state index in [0.717, 1.165) is 0 Å². The molecule has 0 atom stereocenters. The van der Waals surface area contributed by atoms with Gasteiger partial charge in [-0.1, -0.05) is 0 Å². The van der Waals surface area contributed by atoms with Gasteiger partial charge in [0.2, 0.25) is 5.28 Å².